The van der Waals surface area contributed by atoms with E-state index in [4.69, 9.17) is 4.74 Å². The van der Waals surface area contributed by atoms with E-state index in [9.17, 15) is 9.90 Å². The minimum Gasteiger partial charge on any atom is -0.490 e. The standard InChI is InChI=1S/C11H14N2O3.2ClH/c1-13-8(5-10(14)11(13)15)7-16-9-3-2-4-12-6-9;;/h2-4,6,8,10,14H,5,7H2,1H3;2*1H/t8?,10-;;/m0../s1. The molecule has 1 aliphatic heterocycles. The predicted octanol–water partition coefficient (Wildman–Crippen LogP) is 0.896. The van der Waals surface area contributed by atoms with Crippen molar-refractivity contribution in [2.75, 3.05) is 13.7 Å². The maximum atomic E-state index is 11.3. The number of halogens is 2. The molecule has 5 nitrogen and oxygen atoms in total. The lowest BCUT2D eigenvalue weighted by Crippen LogP contribution is -2.34. The zero-order valence-corrected chi connectivity index (χ0v) is 11.5. The van der Waals surface area contributed by atoms with Crippen molar-refractivity contribution in [1.29, 1.82) is 0 Å². The fourth-order valence-corrected chi connectivity index (χ4v) is 1.74. The van der Waals surface area contributed by atoms with Crippen molar-refractivity contribution >= 4 is 30.7 Å². The second-order valence-corrected chi connectivity index (χ2v) is 3.85. The Kier molecular flexibility index (Phi) is 6.98. The van der Waals surface area contributed by atoms with Crippen LogP contribution in [0.2, 0.25) is 0 Å². The molecule has 2 rings (SSSR count). The van der Waals surface area contributed by atoms with Gasteiger partial charge in [-0.3, -0.25) is 9.78 Å². The van der Waals surface area contributed by atoms with Gasteiger partial charge in [0.2, 0.25) is 0 Å². The molecule has 18 heavy (non-hydrogen) atoms. The number of aliphatic hydroxyl groups is 1. The second-order valence-electron chi connectivity index (χ2n) is 3.85. The van der Waals surface area contributed by atoms with Crippen LogP contribution in [0.15, 0.2) is 24.5 Å². The molecule has 0 spiro atoms. The number of hydrogen-bond acceptors (Lipinski definition) is 4. The summed E-state index contributed by atoms with van der Waals surface area (Å²) in [6, 6.07) is 3.52. The van der Waals surface area contributed by atoms with Gasteiger partial charge in [-0.1, -0.05) is 0 Å². The summed E-state index contributed by atoms with van der Waals surface area (Å²) in [6.45, 7) is 0.380. The van der Waals surface area contributed by atoms with E-state index >= 15 is 0 Å². The average molecular weight is 295 g/mol. The third-order valence-corrected chi connectivity index (χ3v) is 2.75. The largest absolute Gasteiger partial charge is 0.490 e. The van der Waals surface area contributed by atoms with E-state index in [2.05, 4.69) is 4.98 Å². The number of carbonyl (C=O) groups excluding carboxylic acids is 1. The Hall–Kier alpha value is -1.04. The monoisotopic (exact) mass is 294 g/mol. The zero-order chi connectivity index (χ0) is 11.5. The molecule has 0 radical (unpaired) electrons. The maximum absolute atomic E-state index is 11.3. The summed E-state index contributed by atoms with van der Waals surface area (Å²) in [7, 11) is 1.68. The Morgan fingerprint density at radius 3 is 2.78 bits per heavy atom. The molecule has 1 N–H and O–H groups in total. The highest BCUT2D eigenvalue weighted by atomic mass is 35.5. The highest BCUT2D eigenvalue weighted by molar-refractivity contribution is 5.85. The van der Waals surface area contributed by atoms with Crippen molar-refractivity contribution in [2.45, 2.75) is 18.6 Å². The summed E-state index contributed by atoms with van der Waals surface area (Å²) in [4.78, 5) is 16.8. The SMILES string of the molecule is CN1C(=O)[C@@H](O)CC1COc1cccnc1.Cl.Cl. The van der Waals surface area contributed by atoms with Crippen LogP contribution in [0.5, 0.6) is 5.75 Å². The van der Waals surface area contributed by atoms with E-state index in [0.29, 0.717) is 18.8 Å². The fourth-order valence-electron chi connectivity index (χ4n) is 1.74. The minimum absolute atomic E-state index is 0. The van der Waals surface area contributed by atoms with Crippen molar-refractivity contribution in [3.8, 4) is 5.75 Å². The van der Waals surface area contributed by atoms with Crippen LogP contribution in [0.25, 0.3) is 0 Å². The van der Waals surface area contributed by atoms with Gasteiger partial charge < -0.3 is 14.7 Å². The number of pyridine rings is 1. The van der Waals surface area contributed by atoms with Crippen molar-refractivity contribution in [3.63, 3.8) is 0 Å². The number of ether oxygens (including phenoxy) is 1. The molecule has 2 atom stereocenters. The molecule has 102 valence electrons. The molecule has 1 saturated heterocycles. The summed E-state index contributed by atoms with van der Waals surface area (Å²) < 4.78 is 5.49. The van der Waals surface area contributed by atoms with Gasteiger partial charge in [-0.05, 0) is 12.1 Å². The van der Waals surface area contributed by atoms with E-state index in [0.717, 1.165) is 0 Å². The lowest BCUT2D eigenvalue weighted by atomic mass is 10.2. The minimum atomic E-state index is -0.882. The highest BCUT2D eigenvalue weighted by Gasteiger charge is 2.36. The van der Waals surface area contributed by atoms with Crippen molar-refractivity contribution in [2.24, 2.45) is 0 Å². The van der Waals surface area contributed by atoms with E-state index < -0.39 is 6.10 Å². The third-order valence-electron chi connectivity index (χ3n) is 2.75. The number of aromatic nitrogens is 1. The van der Waals surface area contributed by atoms with E-state index in [1.807, 2.05) is 0 Å². The van der Waals surface area contributed by atoms with Gasteiger partial charge in [0.25, 0.3) is 5.91 Å². The van der Waals surface area contributed by atoms with E-state index in [1.54, 1.807) is 31.6 Å². The van der Waals surface area contributed by atoms with Crippen LogP contribution < -0.4 is 4.74 Å². The summed E-state index contributed by atoms with van der Waals surface area (Å²) in [6.07, 6.45) is 2.83. The first-order valence-electron chi connectivity index (χ1n) is 5.16. The Bertz CT molecular complexity index is 378. The molecule has 0 bridgehead atoms. The van der Waals surface area contributed by atoms with Crippen LogP contribution in [-0.4, -0.2) is 46.7 Å². The zero-order valence-electron chi connectivity index (χ0n) is 9.85. The van der Waals surface area contributed by atoms with Crippen LogP contribution in [0.4, 0.5) is 0 Å². The van der Waals surface area contributed by atoms with Gasteiger partial charge in [-0.25, -0.2) is 0 Å². The van der Waals surface area contributed by atoms with Crippen molar-refractivity contribution in [3.05, 3.63) is 24.5 Å². The van der Waals surface area contributed by atoms with Crippen LogP contribution in [-0.2, 0) is 4.79 Å². The summed E-state index contributed by atoms with van der Waals surface area (Å²) in [5, 5.41) is 9.38. The smallest absolute Gasteiger partial charge is 0.251 e. The number of nitrogens with zero attached hydrogens (tertiary/aromatic N) is 2. The molecule has 1 unspecified atom stereocenters. The molecule has 0 aliphatic carbocycles. The van der Waals surface area contributed by atoms with Gasteiger partial charge in [-0.2, -0.15) is 0 Å². The molecule has 2 heterocycles. The first-order chi connectivity index (χ1) is 7.68. The van der Waals surface area contributed by atoms with Gasteiger partial charge in [0.15, 0.2) is 0 Å². The third kappa shape index (κ3) is 3.73. The number of aliphatic hydroxyl groups excluding tert-OH is 1. The molecular formula is C11H16Cl2N2O3. The first-order valence-corrected chi connectivity index (χ1v) is 5.16. The second kappa shape index (κ2) is 7.41. The van der Waals surface area contributed by atoms with Crippen LogP contribution >= 0.6 is 24.8 Å². The quantitative estimate of drug-likeness (QED) is 0.900. The van der Waals surface area contributed by atoms with Crippen LogP contribution in [0.3, 0.4) is 0 Å². The topological polar surface area (TPSA) is 62.7 Å². The van der Waals surface area contributed by atoms with Gasteiger partial charge in [0, 0.05) is 19.7 Å². The summed E-state index contributed by atoms with van der Waals surface area (Å²) in [5.74, 6) is 0.435. The normalized spacial score (nSPS) is 22.1. The van der Waals surface area contributed by atoms with Crippen LogP contribution in [0, 0.1) is 0 Å². The fraction of sp³-hybridized carbons (Fsp3) is 0.455. The number of likely N-dealkylation sites (tertiary alicyclic amines) is 1. The Balaban J connectivity index is 0.00000144. The highest BCUT2D eigenvalue weighted by Crippen LogP contribution is 2.18. The summed E-state index contributed by atoms with van der Waals surface area (Å²) >= 11 is 0. The predicted molar refractivity (Wildman–Crippen MR) is 71.4 cm³/mol. The molecule has 1 amide bonds. The number of likely N-dealkylation sites (N-methyl/N-ethyl adjacent to an activating group) is 1. The first kappa shape index (κ1) is 17.0. The van der Waals surface area contributed by atoms with Crippen molar-refractivity contribution < 1.29 is 14.6 Å². The molecule has 1 aliphatic rings. The molecule has 1 aromatic heterocycles. The molecular weight excluding hydrogens is 279 g/mol. The number of rotatable bonds is 3. The lowest BCUT2D eigenvalue weighted by molar-refractivity contribution is -0.134. The molecule has 0 aromatic carbocycles. The number of carbonyl (C=O) groups is 1. The molecule has 7 heteroatoms. The van der Waals surface area contributed by atoms with Gasteiger partial charge in [-0.15, -0.1) is 24.8 Å². The lowest BCUT2D eigenvalue weighted by Gasteiger charge is -2.19. The van der Waals surface area contributed by atoms with E-state index in [1.165, 1.54) is 4.90 Å². The molecule has 1 aromatic rings. The van der Waals surface area contributed by atoms with Gasteiger partial charge in [0.05, 0.1) is 12.2 Å². The molecule has 1 fully saturated rings. The van der Waals surface area contributed by atoms with Crippen molar-refractivity contribution in [1.82, 2.24) is 9.88 Å². The van der Waals surface area contributed by atoms with Gasteiger partial charge in [0.1, 0.15) is 18.5 Å². The van der Waals surface area contributed by atoms with E-state index in [-0.39, 0.29) is 36.8 Å². The average Bonchev–Trinajstić information content (AvgIpc) is 2.56. The Labute approximate surface area is 118 Å². The number of amides is 1. The van der Waals surface area contributed by atoms with Gasteiger partial charge >= 0.3 is 0 Å². The number of hydrogen-bond donors (Lipinski definition) is 1. The van der Waals surface area contributed by atoms with Crippen LogP contribution in [0.1, 0.15) is 6.42 Å². The summed E-state index contributed by atoms with van der Waals surface area (Å²) in [5.41, 5.74) is 0. The Morgan fingerprint density at radius 1 is 1.56 bits per heavy atom. The maximum Gasteiger partial charge on any atom is 0.251 e. The Morgan fingerprint density at radius 2 is 2.28 bits per heavy atom. The molecule has 0 saturated carbocycles.